The molecule has 0 radical (unpaired) electrons. The minimum atomic E-state index is -0.403. The van der Waals surface area contributed by atoms with E-state index in [0.29, 0.717) is 17.7 Å². The van der Waals surface area contributed by atoms with Crippen LogP contribution in [-0.4, -0.2) is 18.7 Å². The van der Waals surface area contributed by atoms with Gasteiger partial charge in [0.25, 0.3) is 5.56 Å². The van der Waals surface area contributed by atoms with Crippen LogP contribution in [-0.2, 0) is 27.1 Å². The lowest BCUT2D eigenvalue weighted by atomic mass is 10.0. The summed E-state index contributed by atoms with van der Waals surface area (Å²) >= 11 is 6.31. The van der Waals surface area contributed by atoms with E-state index in [2.05, 4.69) is 17.1 Å². The molecule has 124 valence electrons. The zero-order valence-corrected chi connectivity index (χ0v) is 14.2. The molecule has 0 saturated carbocycles. The zero-order chi connectivity index (χ0) is 17.0. The average molecular weight is 345 g/mol. The Morgan fingerprint density at radius 2 is 1.96 bits per heavy atom. The smallest absolute Gasteiger partial charge is 0.308 e. The lowest BCUT2D eigenvalue weighted by Gasteiger charge is -2.14. The molecule has 7 heteroatoms. The molecule has 24 heavy (non-hydrogen) atoms. The highest BCUT2D eigenvalue weighted by Gasteiger charge is 2.25. The minimum Gasteiger partial charge on any atom is -0.308 e. The predicted octanol–water partition coefficient (Wildman–Crippen LogP) is 1.82. The van der Waals surface area contributed by atoms with Gasteiger partial charge in [0.1, 0.15) is 0 Å². The largest absolute Gasteiger partial charge is 0.332 e. The second kappa shape index (κ2) is 5.34. The Bertz CT molecular complexity index is 1080. The number of nitrogens with zero attached hydrogens (tertiary/aromatic N) is 4. The van der Waals surface area contributed by atoms with Gasteiger partial charge < -0.3 is 4.57 Å². The molecule has 0 unspecified atom stereocenters. The highest BCUT2D eigenvalue weighted by molar-refractivity contribution is 6.29. The SMILES string of the molecule is Cn1c(=O)c2c(nc(Cl)n2C[C@H]2CCc3ccccc32)n(C)c1=O. The van der Waals surface area contributed by atoms with Crippen LogP contribution < -0.4 is 11.2 Å². The molecule has 6 nitrogen and oxygen atoms in total. The van der Waals surface area contributed by atoms with Crippen LogP contribution in [0.2, 0.25) is 5.28 Å². The lowest BCUT2D eigenvalue weighted by Crippen LogP contribution is -2.37. The summed E-state index contributed by atoms with van der Waals surface area (Å²) < 4.78 is 4.20. The van der Waals surface area contributed by atoms with Crippen molar-refractivity contribution in [2.45, 2.75) is 25.3 Å². The Hall–Kier alpha value is -2.34. The molecule has 4 rings (SSSR count). The maximum atomic E-state index is 12.6. The molecular weight excluding hydrogens is 328 g/mol. The van der Waals surface area contributed by atoms with Gasteiger partial charge in [-0.1, -0.05) is 24.3 Å². The van der Waals surface area contributed by atoms with Gasteiger partial charge in [-0.2, -0.15) is 4.98 Å². The van der Waals surface area contributed by atoms with E-state index in [1.165, 1.54) is 22.7 Å². The van der Waals surface area contributed by atoms with Crippen LogP contribution >= 0.6 is 11.6 Å². The number of hydrogen-bond donors (Lipinski definition) is 0. The third-order valence-corrected chi connectivity index (χ3v) is 5.25. The van der Waals surface area contributed by atoms with Crippen molar-refractivity contribution in [2.75, 3.05) is 0 Å². The van der Waals surface area contributed by atoms with Crippen molar-refractivity contribution in [1.29, 1.82) is 0 Å². The van der Waals surface area contributed by atoms with Gasteiger partial charge >= 0.3 is 5.69 Å². The van der Waals surface area contributed by atoms with Crippen molar-refractivity contribution in [3.8, 4) is 0 Å². The van der Waals surface area contributed by atoms with Gasteiger partial charge in [-0.15, -0.1) is 0 Å². The fourth-order valence-corrected chi connectivity index (χ4v) is 3.88. The minimum absolute atomic E-state index is 0.243. The first kappa shape index (κ1) is 15.2. The molecule has 3 aromatic rings. The van der Waals surface area contributed by atoms with Crippen molar-refractivity contribution in [3.63, 3.8) is 0 Å². The summed E-state index contributed by atoms with van der Waals surface area (Å²) in [5, 5.41) is 0.243. The Labute approximate surface area is 142 Å². The number of imidazole rings is 1. The Kier molecular flexibility index (Phi) is 3.38. The fraction of sp³-hybridized carbons (Fsp3) is 0.353. The van der Waals surface area contributed by atoms with Crippen molar-refractivity contribution in [1.82, 2.24) is 18.7 Å². The topological polar surface area (TPSA) is 61.8 Å². The molecule has 1 aliphatic rings. The first-order valence-electron chi connectivity index (χ1n) is 7.88. The van der Waals surface area contributed by atoms with E-state index in [4.69, 9.17) is 11.6 Å². The van der Waals surface area contributed by atoms with Crippen LogP contribution in [0.3, 0.4) is 0 Å². The van der Waals surface area contributed by atoms with E-state index in [9.17, 15) is 9.59 Å². The first-order valence-corrected chi connectivity index (χ1v) is 8.26. The molecule has 2 aromatic heterocycles. The monoisotopic (exact) mass is 344 g/mol. The highest BCUT2D eigenvalue weighted by atomic mass is 35.5. The van der Waals surface area contributed by atoms with Crippen LogP contribution in [0.5, 0.6) is 0 Å². The maximum absolute atomic E-state index is 12.6. The molecule has 1 aromatic carbocycles. The number of fused-ring (bicyclic) bond motifs is 2. The molecule has 0 fully saturated rings. The molecule has 2 heterocycles. The quantitative estimate of drug-likeness (QED) is 0.666. The van der Waals surface area contributed by atoms with E-state index in [-0.39, 0.29) is 16.8 Å². The fourth-order valence-electron chi connectivity index (χ4n) is 3.64. The molecule has 0 bridgehead atoms. The van der Waals surface area contributed by atoms with Gasteiger partial charge in [-0.05, 0) is 35.6 Å². The summed E-state index contributed by atoms with van der Waals surface area (Å²) in [7, 11) is 3.07. The van der Waals surface area contributed by atoms with Gasteiger partial charge in [0.2, 0.25) is 5.28 Å². The molecule has 0 N–H and O–H groups in total. The number of benzene rings is 1. The van der Waals surface area contributed by atoms with Crippen LogP contribution in [0.4, 0.5) is 0 Å². The summed E-state index contributed by atoms with van der Waals surface area (Å²) in [5.41, 5.74) is 2.60. The van der Waals surface area contributed by atoms with Gasteiger partial charge in [0, 0.05) is 26.6 Å². The number of hydrogen-bond acceptors (Lipinski definition) is 3. The summed E-state index contributed by atoms with van der Waals surface area (Å²) in [6.07, 6.45) is 2.04. The van der Waals surface area contributed by atoms with Crippen LogP contribution in [0, 0.1) is 0 Å². The van der Waals surface area contributed by atoms with E-state index in [1.54, 1.807) is 11.6 Å². The van der Waals surface area contributed by atoms with Gasteiger partial charge in [-0.25, -0.2) is 4.79 Å². The van der Waals surface area contributed by atoms with E-state index in [1.807, 2.05) is 12.1 Å². The second-order valence-electron chi connectivity index (χ2n) is 6.30. The van der Waals surface area contributed by atoms with Crippen molar-refractivity contribution in [3.05, 3.63) is 61.5 Å². The van der Waals surface area contributed by atoms with E-state index >= 15 is 0 Å². The summed E-state index contributed by atoms with van der Waals surface area (Å²) in [6, 6.07) is 8.36. The number of rotatable bonds is 2. The number of aromatic nitrogens is 4. The Balaban J connectivity index is 1.89. The van der Waals surface area contributed by atoms with Crippen LogP contribution in [0.25, 0.3) is 11.2 Å². The molecule has 1 aliphatic carbocycles. The van der Waals surface area contributed by atoms with Crippen LogP contribution in [0.15, 0.2) is 33.9 Å². The normalized spacial score (nSPS) is 16.7. The summed E-state index contributed by atoms with van der Waals surface area (Å²) in [5.74, 6) is 0.290. The van der Waals surface area contributed by atoms with Crippen molar-refractivity contribution in [2.24, 2.45) is 14.1 Å². The zero-order valence-electron chi connectivity index (χ0n) is 13.5. The van der Waals surface area contributed by atoms with Gasteiger partial charge in [0.05, 0.1) is 0 Å². The van der Waals surface area contributed by atoms with Crippen molar-refractivity contribution < 1.29 is 0 Å². The molecule has 0 spiro atoms. The third kappa shape index (κ3) is 2.06. The number of halogens is 1. The molecule has 0 saturated heterocycles. The number of aryl methyl sites for hydroxylation is 2. The van der Waals surface area contributed by atoms with Crippen LogP contribution in [0.1, 0.15) is 23.5 Å². The predicted molar refractivity (Wildman–Crippen MR) is 92.7 cm³/mol. The lowest BCUT2D eigenvalue weighted by molar-refractivity contribution is 0.563. The molecule has 0 amide bonds. The van der Waals surface area contributed by atoms with Crippen molar-refractivity contribution >= 4 is 22.8 Å². The molecular formula is C17H17ClN4O2. The Morgan fingerprint density at radius 1 is 1.21 bits per heavy atom. The molecule has 0 aliphatic heterocycles. The maximum Gasteiger partial charge on any atom is 0.332 e. The molecule has 1 atom stereocenters. The first-order chi connectivity index (χ1) is 11.5. The highest BCUT2D eigenvalue weighted by Crippen LogP contribution is 2.35. The summed E-state index contributed by atoms with van der Waals surface area (Å²) in [4.78, 5) is 28.9. The van der Waals surface area contributed by atoms with E-state index in [0.717, 1.165) is 17.4 Å². The Morgan fingerprint density at radius 3 is 2.75 bits per heavy atom. The van der Waals surface area contributed by atoms with Gasteiger partial charge in [-0.3, -0.25) is 13.9 Å². The van der Waals surface area contributed by atoms with Gasteiger partial charge in [0.15, 0.2) is 11.2 Å². The summed E-state index contributed by atoms with van der Waals surface area (Å²) in [6.45, 7) is 0.583. The standard InChI is InChI=1S/C17H17ClN4O2/c1-20-14-13(15(23)21(2)17(20)24)22(16(18)19-14)9-11-8-7-10-5-3-4-6-12(10)11/h3-6,11H,7-9H2,1-2H3/t11-/m1/s1. The average Bonchev–Trinajstić information content (AvgIpc) is 3.14. The second-order valence-corrected chi connectivity index (χ2v) is 6.64. The van der Waals surface area contributed by atoms with E-state index < -0.39 is 5.69 Å². The third-order valence-electron chi connectivity index (χ3n) is 4.96.